The number of benzene rings is 3. The molecule has 0 aliphatic carbocycles. The van der Waals surface area contributed by atoms with Gasteiger partial charge < -0.3 is 9.50 Å². The van der Waals surface area contributed by atoms with E-state index in [0.29, 0.717) is 12.3 Å². The first-order chi connectivity index (χ1) is 13.5. The third kappa shape index (κ3) is 5.00. The summed E-state index contributed by atoms with van der Waals surface area (Å²) in [5, 5.41) is 3.50. The molecule has 0 saturated carbocycles. The molecule has 146 valence electrons. The molecule has 0 amide bonds. The molecule has 0 aliphatic heterocycles. The van der Waals surface area contributed by atoms with E-state index in [1.807, 2.05) is 37.3 Å². The standard InChI is InChI=1S/C23H25NO3S/c1-3-22(24-17-19-9-5-4-6-10-19)21-11-7-8-12-23(21)27-28(25,26)20-15-13-18(2)14-16-20/h4-16,22,24H,3,17H2,1-2H3. The molecule has 3 aromatic rings. The first-order valence-corrected chi connectivity index (χ1v) is 10.8. The fourth-order valence-corrected chi connectivity index (χ4v) is 3.98. The van der Waals surface area contributed by atoms with E-state index in [0.717, 1.165) is 17.5 Å². The lowest BCUT2D eigenvalue weighted by Gasteiger charge is -2.20. The van der Waals surface area contributed by atoms with Gasteiger partial charge in [0.2, 0.25) is 0 Å². The fourth-order valence-electron chi connectivity index (χ4n) is 3.03. The summed E-state index contributed by atoms with van der Waals surface area (Å²) < 4.78 is 31.0. The maximum atomic E-state index is 12.7. The van der Waals surface area contributed by atoms with E-state index in [-0.39, 0.29) is 10.9 Å². The lowest BCUT2D eigenvalue weighted by molar-refractivity contribution is 0.463. The molecule has 5 heteroatoms. The van der Waals surface area contributed by atoms with Crippen molar-refractivity contribution in [2.75, 3.05) is 0 Å². The van der Waals surface area contributed by atoms with Gasteiger partial charge in [0.15, 0.2) is 0 Å². The number of para-hydroxylation sites is 1. The van der Waals surface area contributed by atoms with E-state index in [2.05, 4.69) is 24.4 Å². The Bertz CT molecular complexity index is 1000. The van der Waals surface area contributed by atoms with E-state index >= 15 is 0 Å². The molecule has 0 radical (unpaired) electrons. The Morgan fingerprint density at radius 1 is 0.893 bits per heavy atom. The highest BCUT2D eigenvalue weighted by Gasteiger charge is 2.21. The first kappa shape index (κ1) is 20.1. The number of rotatable bonds is 8. The van der Waals surface area contributed by atoms with Gasteiger partial charge in [0.05, 0.1) is 0 Å². The van der Waals surface area contributed by atoms with Gasteiger partial charge in [-0.25, -0.2) is 0 Å². The summed E-state index contributed by atoms with van der Waals surface area (Å²) in [6.07, 6.45) is 0.803. The molecular formula is C23H25NO3S. The molecular weight excluding hydrogens is 370 g/mol. The molecule has 1 unspecified atom stereocenters. The molecule has 0 fully saturated rings. The third-order valence-electron chi connectivity index (χ3n) is 4.61. The molecule has 0 aromatic heterocycles. The van der Waals surface area contributed by atoms with Gasteiger partial charge in [0.1, 0.15) is 10.6 Å². The minimum absolute atomic E-state index is 0.0235. The quantitative estimate of drug-likeness (QED) is 0.545. The second kappa shape index (κ2) is 9.04. The highest BCUT2D eigenvalue weighted by Crippen LogP contribution is 2.30. The molecule has 1 N–H and O–H groups in total. The van der Waals surface area contributed by atoms with Gasteiger partial charge in [-0.2, -0.15) is 8.42 Å². The van der Waals surface area contributed by atoms with Crippen molar-refractivity contribution in [2.24, 2.45) is 0 Å². The monoisotopic (exact) mass is 395 g/mol. The average molecular weight is 396 g/mol. The van der Waals surface area contributed by atoms with Crippen molar-refractivity contribution < 1.29 is 12.6 Å². The van der Waals surface area contributed by atoms with Crippen LogP contribution in [0.25, 0.3) is 0 Å². The zero-order chi connectivity index (χ0) is 20.0. The summed E-state index contributed by atoms with van der Waals surface area (Å²) in [4.78, 5) is 0.151. The van der Waals surface area contributed by atoms with E-state index in [9.17, 15) is 8.42 Å². The lowest BCUT2D eigenvalue weighted by Crippen LogP contribution is -2.21. The van der Waals surface area contributed by atoms with Crippen LogP contribution in [0, 0.1) is 6.92 Å². The molecule has 4 nitrogen and oxygen atoms in total. The number of nitrogens with one attached hydrogen (secondary N) is 1. The van der Waals surface area contributed by atoms with Crippen molar-refractivity contribution in [1.82, 2.24) is 5.32 Å². The van der Waals surface area contributed by atoms with Crippen molar-refractivity contribution in [1.29, 1.82) is 0 Å². The van der Waals surface area contributed by atoms with Gasteiger partial charge in [-0.15, -0.1) is 0 Å². The minimum Gasteiger partial charge on any atom is -0.379 e. The number of aryl methyl sites for hydroxylation is 1. The summed E-state index contributed by atoms with van der Waals surface area (Å²) >= 11 is 0. The minimum atomic E-state index is -3.89. The van der Waals surface area contributed by atoms with Gasteiger partial charge in [0.25, 0.3) is 0 Å². The van der Waals surface area contributed by atoms with Crippen LogP contribution < -0.4 is 9.50 Å². The van der Waals surface area contributed by atoms with Crippen LogP contribution in [0.2, 0.25) is 0 Å². The molecule has 28 heavy (non-hydrogen) atoms. The largest absolute Gasteiger partial charge is 0.379 e. The normalized spacial score (nSPS) is 12.5. The van der Waals surface area contributed by atoms with E-state index < -0.39 is 10.1 Å². The van der Waals surface area contributed by atoms with Crippen LogP contribution in [-0.2, 0) is 16.7 Å². The van der Waals surface area contributed by atoms with Crippen LogP contribution in [0.5, 0.6) is 5.75 Å². The highest BCUT2D eigenvalue weighted by atomic mass is 32.2. The average Bonchev–Trinajstić information content (AvgIpc) is 2.70. The Labute approximate surface area is 167 Å². The van der Waals surface area contributed by atoms with Crippen LogP contribution in [0.4, 0.5) is 0 Å². The smallest absolute Gasteiger partial charge is 0.339 e. The van der Waals surface area contributed by atoms with E-state index in [1.54, 1.807) is 36.4 Å². The molecule has 0 bridgehead atoms. The van der Waals surface area contributed by atoms with Crippen LogP contribution >= 0.6 is 0 Å². The van der Waals surface area contributed by atoms with E-state index in [4.69, 9.17) is 4.18 Å². The SMILES string of the molecule is CCC(NCc1ccccc1)c1ccccc1OS(=O)(=O)c1ccc(C)cc1. The molecule has 0 saturated heterocycles. The zero-order valence-electron chi connectivity index (χ0n) is 16.1. The number of hydrogen-bond acceptors (Lipinski definition) is 4. The lowest BCUT2D eigenvalue weighted by atomic mass is 10.0. The molecule has 3 aromatic carbocycles. The third-order valence-corrected chi connectivity index (χ3v) is 5.86. The summed E-state index contributed by atoms with van der Waals surface area (Å²) in [7, 11) is -3.89. The summed E-state index contributed by atoms with van der Waals surface area (Å²) in [6, 6.07) is 24.0. The molecule has 1 atom stereocenters. The second-order valence-electron chi connectivity index (χ2n) is 6.72. The topological polar surface area (TPSA) is 55.4 Å². The maximum Gasteiger partial charge on any atom is 0.339 e. The second-order valence-corrected chi connectivity index (χ2v) is 8.26. The molecule has 3 rings (SSSR count). The zero-order valence-corrected chi connectivity index (χ0v) is 16.9. The van der Waals surface area contributed by atoms with Crippen molar-refractivity contribution in [2.45, 2.75) is 37.8 Å². The van der Waals surface area contributed by atoms with Crippen LogP contribution in [-0.4, -0.2) is 8.42 Å². The van der Waals surface area contributed by atoms with Crippen molar-refractivity contribution in [3.05, 3.63) is 95.6 Å². The van der Waals surface area contributed by atoms with Gasteiger partial charge in [-0.05, 0) is 37.1 Å². The van der Waals surface area contributed by atoms with Crippen LogP contribution in [0.3, 0.4) is 0 Å². The van der Waals surface area contributed by atoms with Gasteiger partial charge in [-0.1, -0.05) is 73.2 Å². The predicted octanol–water partition coefficient (Wildman–Crippen LogP) is 5.00. The fraction of sp³-hybridized carbons (Fsp3) is 0.217. The Hall–Kier alpha value is -2.63. The van der Waals surface area contributed by atoms with Crippen LogP contribution in [0.1, 0.15) is 36.1 Å². The molecule has 0 spiro atoms. The van der Waals surface area contributed by atoms with Gasteiger partial charge in [-0.3, -0.25) is 0 Å². The maximum absolute atomic E-state index is 12.7. The van der Waals surface area contributed by atoms with Gasteiger partial charge in [0, 0.05) is 18.2 Å². The van der Waals surface area contributed by atoms with Crippen molar-refractivity contribution in [3.63, 3.8) is 0 Å². The van der Waals surface area contributed by atoms with Crippen molar-refractivity contribution >= 4 is 10.1 Å². The predicted molar refractivity (Wildman–Crippen MR) is 112 cm³/mol. The van der Waals surface area contributed by atoms with Gasteiger partial charge >= 0.3 is 10.1 Å². The highest BCUT2D eigenvalue weighted by molar-refractivity contribution is 7.87. The Kier molecular flexibility index (Phi) is 6.49. The van der Waals surface area contributed by atoms with Crippen molar-refractivity contribution in [3.8, 4) is 5.75 Å². The summed E-state index contributed by atoms with van der Waals surface area (Å²) in [5.41, 5.74) is 3.00. The Morgan fingerprint density at radius 2 is 1.54 bits per heavy atom. The Morgan fingerprint density at radius 3 is 2.21 bits per heavy atom. The summed E-state index contributed by atoms with van der Waals surface area (Å²) in [5.74, 6) is 0.357. The number of hydrogen-bond donors (Lipinski definition) is 1. The molecule has 0 aliphatic rings. The van der Waals surface area contributed by atoms with Crippen LogP contribution in [0.15, 0.2) is 83.8 Å². The Balaban J connectivity index is 1.82. The van der Waals surface area contributed by atoms with E-state index in [1.165, 1.54) is 5.56 Å². The summed E-state index contributed by atoms with van der Waals surface area (Å²) in [6.45, 7) is 4.67. The first-order valence-electron chi connectivity index (χ1n) is 9.37. The molecule has 0 heterocycles.